The molecule has 2 aromatic rings. The Kier molecular flexibility index (Phi) is 5.96. The van der Waals surface area contributed by atoms with Crippen molar-refractivity contribution in [3.8, 4) is 0 Å². The third-order valence-electron chi connectivity index (χ3n) is 4.39. The molecule has 1 fully saturated rings. The van der Waals surface area contributed by atoms with Gasteiger partial charge in [-0.15, -0.1) is 11.8 Å². The second-order valence-corrected chi connectivity index (χ2v) is 7.28. The van der Waals surface area contributed by atoms with Crippen LogP contribution in [0.2, 0.25) is 0 Å². The van der Waals surface area contributed by atoms with Crippen LogP contribution in [0, 0.1) is 13.8 Å². The minimum atomic E-state index is 0.0281. The molecule has 0 spiro atoms. The quantitative estimate of drug-likeness (QED) is 0.819. The summed E-state index contributed by atoms with van der Waals surface area (Å²) in [6.07, 6.45) is 4.33. The lowest BCUT2D eigenvalue weighted by Crippen LogP contribution is -2.25. The predicted molar refractivity (Wildman–Crippen MR) is 99.7 cm³/mol. The first kappa shape index (κ1) is 17.8. The van der Waals surface area contributed by atoms with Crippen molar-refractivity contribution in [2.45, 2.75) is 39.0 Å². The van der Waals surface area contributed by atoms with Gasteiger partial charge in [0.1, 0.15) is 11.6 Å². The number of aryl methyl sites for hydroxylation is 2. The summed E-state index contributed by atoms with van der Waals surface area (Å²) in [5.74, 6) is 3.04. The van der Waals surface area contributed by atoms with Gasteiger partial charge >= 0.3 is 0 Å². The lowest BCUT2D eigenvalue weighted by molar-refractivity contribution is -0.118. The number of carbonyl (C=O) groups is 1. The van der Waals surface area contributed by atoms with Gasteiger partial charge in [0.15, 0.2) is 0 Å². The normalized spacial score (nSPS) is 14.1. The first-order valence-corrected chi connectivity index (χ1v) is 9.75. The zero-order chi connectivity index (χ0) is 17.6. The molecule has 1 saturated heterocycles. The largest absolute Gasteiger partial charge is 0.361 e. The first-order valence-electron chi connectivity index (χ1n) is 8.59. The molecule has 0 unspecified atom stereocenters. The fraction of sp³-hybridized carbons (Fsp3) is 0.500. The fourth-order valence-corrected chi connectivity index (χ4v) is 3.87. The van der Waals surface area contributed by atoms with Crippen LogP contribution < -0.4 is 10.2 Å². The highest BCUT2D eigenvalue weighted by Gasteiger charge is 2.13. The second kappa shape index (κ2) is 8.38. The van der Waals surface area contributed by atoms with Crippen LogP contribution in [0.15, 0.2) is 22.9 Å². The summed E-state index contributed by atoms with van der Waals surface area (Å²) < 4.78 is 5.13. The SMILES string of the molecule is Cc1noc(C)c1CSCC(=O)NCc1ccc(N2CCCC2)nc1. The molecular weight excluding hydrogens is 336 g/mol. The predicted octanol–water partition coefficient (Wildman–Crippen LogP) is 2.84. The third kappa shape index (κ3) is 4.75. The Labute approximate surface area is 152 Å². The highest BCUT2D eigenvalue weighted by molar-refractivity contribution is 7.99. The van der Waals surface area contributed by atoms with Gasteiger partial charge in [0.25, 0.3) is 0 Å². The van der Waals surface area contributed by atoms with E-state index in [0.717, 1.165) is 47.2 Å². The van der Waals surface area contributed by atoms with Crippen LogP contribution in [0.25, 0.3) is 0 Å². The van der Waals surface area contributed by atoms with E-state index in [1.807, 2.05) is 32.2 Å². The minimum Gasteiger partial charge on any atom is -0.361 e. The summed E-state index contributed by atoms with van der Waals surface area (Å²) in [5.41, 5.74) is 3.00. The van der Waals surface area contributed by atoms with Gasteiger partial charge in [-0.05, 0) is 38.3 Å². The van der Waals surface area contributed by atoms with Gasteiger partial charge in [-0.1, -0.05) is 11.2 Å². The Morgan fingerprint density at radius 3 is 2.76 bits per heavy atom. The number of hydrogen-bond acceptors (Lipinski definition) is 6. The van der Waals surface area contributed by atoms with Crippen molar-refractivity contribution in [1.82, 2.24) is 15.5 Å². The molecule has 1 aliphatic heterocycles. The molecule has 6 nitrogen and oxygen atoms in total. The number of nitrogens with zero attached hydrogens (tertiary/aromatic N) is 3. The van der Waals surface area contributed by atoms with Crippen molar-refractivity contribution >= 4 is 23.5 Å². The summed E-state index contributed by atoms with van der Waals surface area (Å²) in [5, 5.41) is 6.87. The molecule has 3 heterocycles. The topological polar surface area (TPSA) is 71.3 Å². The molecule has 25 heavy (non-hydrogen) atoms. The van der Waals surface area contributed by atoms with Crippen LogP contribution in [0.5, 0.6) is 0 Å². The van der Waals surface area contributed by atoms with E-state index in [4.69, 9.17) is 4.52 Å². The van der Waals surface area contributed by atoms with Gasteiger partial charge in [0.05, 0.1) is 11.4 Å². The van der Waals surface area contributed by atoms with Crippen molar-refractivity contribution in [2.24, 2.45) is 0 Å². The lowest BCUT2D eigenvalue weighted by Gasteiger charge is -2.16. The number of pyridine rings is 1. The molecule has 0 radical (unpaired) electrons. The summed E-state index contributed by atoms with van der Waals surface area (Å²) in [7, 11) is 0. The van der Waals surface area contributed by atoms with E-state index >= 15 is 0 Å². The monoisotopic (exact) mass is 360 g/mol. The Hall–Kier alpha value is -2.02. The molecule has 1 amide bonds. The number of anilines is 1. The van der Waals surface area contributed by atoms with Gasteiger partial charge in [-0.3, -0.25) is 4.79 Å². The smallest absolute Gasteiger partial charge is 0.230 e. The Balaban J connectivity index is 1.40. The van der Waals surface area contributed by atoms with Gasteiger partial charge in [0.2, 0.25) is 5.91 Å². The Bertz CT molecular complexity index is 689. The molecule has 0 aliphatic carbocycles. The molecule has 0 atom stereocenters. The molecular formula is C18H24N4O2S. The molecule has 0 bridgehead atoms. The number of rotatable bonds is 7. The number of hydrogen-bond donors (Lipinski definition) is 1. The average Bonchev–Trinajstić information content (AvgIpc) is 3.26. The van der Waals surface area contributed by atoms with Crippen LogP contribution >= 0.6 is 11.8 Å². The van der Waals surface area contributed by atoms with Gasteiger partial charge < -0.3 is 14.7 Å². The zero-order valence-corrected chi connectivity index (χ0v) is 15.6. The van der Waals surface area contributed by atoms with Crippen molar-refractivity contribution in [3.63, 3.8) is 0 Å². The number of aromatic nitrogens is 2. The van der Waals surface area contributed by atoms with E-state index in [9.17, 15) is 4.79 Å². The Morgan fingerprint density at radius 2 is 2.12 bits per heavy atom. The second-order valence-electron chi connectivity index (χ2n) is 6.29. The Morgan fingerprint density at radius 1 is 1.32 bits per heavy atom. The number of carbonyl (C=O) groups excluding carboxylic acids is 1. The zero-order valence-electron chi connectivity index (χ0n) is 14.7. The number of nitrogens with one attached hydrogen (secondary N) is 1. The van der Waals surface area contributed by atoms with E-state index in [2.05, 4.69) is 20.4 Å². The summed E-state index contributed by atoms with van der Waals surface area (Å²) in [6.45, 7) is 6.51. The van der Waals surface area contributed by atoms with Crippen molar-refractivity contribution in [2.75, 3.05) is 23.7 Å². The molecule has 134 valence electrons. The van der Waals surface area contributed by atoms with Gasteiger partial charge in [0, 0.05) is 37.1 Å². The van der Waals surface area contributed by atoms with Crippen LogP contribution in [0.1, 0.15) is 35.4 Å². The maximum atomic E-state index is 12.0. The number of thioether (sulfide) groups is 1. The van der Waals surface area contributed by atoms with Crippen molar-refractivity contribution < 1.29 is 9.32 Å². The van der Waals surface area contributed by atoms with Crippen LogP contribution in [0.3, 0.4) is 0 Å². The van der Waals surface area contributed by atoms with Crippen molar-refractivity contribution in [1.29, 1.82) is 0 Å². The third-order valence-corrected chi connectivity index (χ3v) is 5.35. The van der Waals surface area contributed by atoms with Gasteiger partial charge in [-0.2, -0.15) is 0 Å². The average molecular weight is 360 g/mol. The fourth-order valence-electron chi connectivity index (χ4n) is 2.86. The molecule has 2 aromatic heterocycles. The summed E-state index contributed by atoms with van der Waals surface area (Å²) in [4.78, 5) is 18.8. The van der Waals surface area contributed by atoms with E-state index in [1.54, 1.807) is 11.8 Å². The highest BCUT2D eigenvalue weighted by atomic mass is 32.2. The maximum absolute atomic E-state index is 12.0. The lowest BCUT2D eigenvalue weighted by atomic mass is 10.2. The number of amides is 1. The minimum absolute atomic E-state index is 0.0281. The summed E-state index contributed by atoms with van der Waals surface area (Å²) >= 11 is 1.57. The van der Waals surface area contributed by atoms with Crippen LogP contribution in [0.4, 0.5) is 5.82 Å². The van der Waals surface area contributed by atoms with Crippen LogP contribution in [-0.2, 0) is 17.1 Å². The van der Waals surface area contributed by atoms with E-state index < -0.39 is 0 Å². The maximum Gasteiger partial charge on any atom is 0.230 e. The molecule has 1 aliphatic rings. The van der Waals surface area contributed by atoms with Crippen LogP contribution in [-0.4, -0.2) is 34.9 Å². The van der Waals surface area contributed by atoms with Crippen molar-refractivity contribution in [3.05, 3.63) is 40.9 Å². The first-order chi connectivity index (χ1) is 12.1. The standard InChI is InChI=1S/C18H24N4O2S/c1-13-16(14(2)24-21-13)11-25-12-18(23)20-10-15-5-6-17(19-9-15)22-7-3-4-8-22/h5-6,9H,3-4,7-8,10-12H2,1-2H3,(H,20,23). The summed E-state index contributed by atoms with van der Waals surface area (Å²) in [6, 6.07) is 4.08. The van der Waals surface area contributed by atoms with E-state index in [0.29, 0.717) is 12.3 Å². The van der Waals surface area contributed by atoms with E-state index in [-0.39, 0.29) is 5.91 Å². The van der Waals surface area contributed by atoms with Gasteiger partial charge in [-0.25, -0.2) is 4.98 Å². The molecule has 7 heteroatoms. The molecule has 3 rings (SSSR count). The highest BCUT2D eigenvalue weighted by Crippen LogP contribution is 2.19. The molecule has 1 N–H and O–H groups in total. The molecule has 0 saturated carbocycles. The molecule has 0 aromatic carbocycles. The van der Waals surface area contributed by atoms with E-state index in [1.165, 1.54) is 12.8 Å².